The Kier molecular flexibility index (Phi) is 4.59. The van der Waals surface area contributed by atoms with E-state index in [0.29, 0.717) is 11.7 Å². The number of hydrogen-bond acceptors (Lipinski definition) is 3. The van der Waals surface area contributed by atoms with E-state index in [1.807, 2.05) is 18.2 Å². The smallest absolute Gasteiger partial charge is 0.248 e. The lowest BCUT2D eigenvalue weighted by molar-refractivity contribution is 0.214. The first-order valence-corrected chi connectivity index (χ1v) is 7.89. The van der Waals surface area contributed by atoms with Gasteiger partial charge in [0.2, 0.25) is 5.56 Å². The second-order valence-corrected chi connectivity index (χ2v) is 6.02. The summed E-state index contributed by atoms with van der Waals surface area (Å²) >= 11 is 0. The molecule has 4 nitrogen and oxygen atoms in total. The number of benzene rings is 1. The van der Waals surface area contributed by atoms with E-state index in [-0.39, 0.29) is 5.56 Å². The van der Waals surface area contributed by atoms with Crippen molar-refractivity contribution in [1.29, 1.82) is 0 Å². The zero-order chi connectivity index (χ0) is 15.4. The lowest BCUT2D eigenvalue weighted by Crippen LogP contribution is -2.34. The van der Waals surface area contributed by atoms with E-state index in [1.54, 1.807) is 24.4 Å². The second kappa shape index (κ2) is 6.79. The molecule has 1 aromatic carbocycles. The number of aromatic amines is 1. The van der Waals surface area contributed by atoms with Crippen LogP contribution in [0.4, 0.5) is 0 Å². The van der Waals surface area contributed by atoms with Gasteiger partial charge in [-0.2, -0.15) is 0 Å². The Hall–Kier alpha value is -2.07. The maximum atomic E-state index is 11.4. The molecule has 2 heterocycles. The van der Waals surface area contributed by atoms with Gasteiger partial charge in [-0.15, -0.1) is 0 Å². The maximum absolute atomic E-state index is 11.4. The normalized spacial score (nSPS) is 16.7. The number of nitrogens with one attached hydrogen (secondary N) is 1. The topological polar surface area (TPSA) is 56.3 Å². The third kappa shape index (κ3) is 3.77. The summed E-state index contributed by atoms with van der Waals surface area (Å²) in [6.07, 6.45) is 4.98. The van der Waals surface area contributed by atoms with E-state index in [1.165, 1.54) is 11.1 Å². The van der Waals surface area contributed by atoms with Gasteiger partial charge in [0.25, 0.3) is 0 Å². The van der Waals surface area contributed by atoms with Gasteiger partial charge in [0, 0.05) is 18.8 Å². The van der Waals surface area contributed by atoms with Crippen molar-refractivity contribution in [2.24, 2.45) is 0 Å². The molecule has 2 aromatic rings. The van der Waals surface area contributed by atoms with Crippen LogP contribution in [-0.4, -0.2) is 34.6 Å². The van der Waals surface area contributed by atoms with E-state index >= 15 is 0 Å². The van der Waals surface area contributed by atoms with Gasteiger partial charge in [0.15, 0.2) is 0 Å². The van der Waals surface area contributed by atoms with Crippen molar-refractivity contribution < 1.29 is 5.11 Å². The number of rotatable bonds is 4. The molecule has 0 bridgehead atoms. The predicted octanol–water partition coefficient (Wildman–Crippen LogP) is 2.50. The molecule has 1 fully saturated rings. The molecule has 1 aliphatic heterocycles. The van der Waals surface area contributed by atoms with Crippen LogP contribution < -0.4 is 5.56 Å². The van der Waals surface area contributed by atoms with E-state index in [2.05, 4.69) is 9.88 Å². The van der Waals surface area contributed by atoms with Gasteiger partial charge in [-0.05, 0) is 67.6 Å². The van der Waals surface area contributed by atoms with Crippen molar-refractivity contribution in [3.63, 3.8) is 0 Å². The molecule has 22 heavy (non-hydrogen) atoms. The summed E-state index contributed by atoms with van der Waals surface area (Å²) in [5.74, 6) is 0.828. The molecule has 0 radical (unpaired) electrons. The van der Waals surface area contributed by atoms with Crippen molar-refractivity contribution in [2.45, 2.75) is 25.2 Å². The number of phenols is 1. The van der Waals surface area contributed by atoms with Crippen LogP contribution in [0.2, 0.25) is 0 Å². The zero-order valence-electron chi connectivity index (χ0n) is 12.7. The molecule has 0 saturated carbocycles. The van der Waals surface area contributed by atoms with Crippen molar-refractivity contribution in [1.82, 2.24) is 9.88 Å². The lowest BCUT2D eigenvalue weighted by Gasteiger charge is -2.32. The fraction of sp³-hybridized carbons (Fsp3) is 0.389. The van der Waals surface area contributed by atoms with Crippen molar-refractivity contribution in [3.8, 4) is 5.75 Å². The number of phenolic OH excluding ortho intramolecular Hbond substituents is 1. The summed E-state index contributed by atoms with van der Waals surface area (Å²) in [6.45, 7) is 3.21. The fourth-order valence-electron chi connectivity index (χ4n) is 3.15. The molecule has 2 N–H and O–H groups in total. The molecular formula is C18H22N2O2. The third-order valence-electron chi connectivity index (χ3n) is 4.51. The highest BCUT2D eigenvalue weighted by Crippen LogP contribution is 2.27. The number of aromatic hydroxyl groups is 1. The van der Waals surface area contributed by atoms with Gasteiger partial charge >= 0.3 is 0 Å². The monoisotopic (exact) mass is 298 g/mol. The minimum Gasteiger partial charge on any atom is -0.508 e. The van der Waals surface area contributed by atoms with Crippen LogP contribution in [0.5, 0.6) is 5.75 Å². The van der Waals surface area contributed by atoms with E-state index in [4.69, 9.17) is 0 Å². The summed E-state index contributed by atoms with van der Waals surface area (Å²) in [6, 6.07) is 11.2. The molecular weight excluding hydrogens is 276 g/mol. The molecule has 3 rings (SSSR count). The number of aromatic nitrogens is 1. The molecule has 1 aromatic heterocycles. The Bertz CT molecular complexity index is 655. The maximum Gasteiger partial charge on any atom is 0.248 e. The van der Waals surface area contributed by atoms with Crippen LogP contribution >= 0.6 is 0 Å². The van der Waals surface area contributed by atoms with E-state index in [0.717, 1.165) is 38.9 Å². The fourth-order valence-corrected chi connectivity index (χ4v) is 3.15. The number of piperidine rings is 1. The van der Waals surface area contributed by atoms with Crippen LogP contribution in [0.1, 0.15) is 29.9 Å². The van der Waals surface area contributed by atoms with Crippen LogP contribution in [0, 0.1) is 0 Å². The van der Waals surface area contributed by atoms with E-state index < -0.39 is 0 Å². The highest BCUT2D eigenvalue weighted by molar-refractivity contribution is 5.26. The summed E-state index contributed by atoms with van der Waals surface area (Å²) in [7, 11) is 0. The first-order chi connectivity index (χ1) is 10.7. The highest BCUT2D eigenvalue weighted by atomic mass is 16.3. The summed E-state index contributed by atoms with van der Waals surface area (Å²) in [4.78, 5) is 16.6. The summed E-state index contributed by atoms with van der Waals surface area (Å²) in [5, 5.41) is 9.30. The molecule has 1 aliphatic rings. The molecule has 0 aliphatic carbocycles. The minimum atomic E-state index is -0.00717. The van der Waals surface area contributed by atoms with Crippen LogP contribution in [0.25, 0.3) is 0 Å². The van der Waals surface area contributed by atoms with Gasteiger partial charge in [0.1, 0.15) is 5.75 Å². The standard InChI is InChI=1S/C18H22N2O2/c21-17-3-1-14(2-4-17)6-10-20-11-7-15(8-12-20)16-5-9-19-18(22)13-16/h1-5,9,13,15,21H,6-8,10-12H2,(H,19,22). The Balaban J connectivity index is 1.49. The average Bonchev–Trinajstić information content (AvgIpc) is 2.55. The Morgan fingerprint density at radius 3 is 2.55 bits per heavy atom. The van der Waals surface area contributed by atoms with Crippen LogP contribution in [-0.2, 0) is 6.42 Å². The first kappa shape index (κ1) is 14.9. The largest absolute Gasteiger partial charge is 0.508 e. The Morgan fingerprint density at radius 2 is 1.86 bits per heavy atom. The number of nitrogens with zero attached hydrogens (tertiary/aromatic N) is 1. The molecule has 0 spiro atoms. The third-order valence-corrected chi connectivity index (χ3v) is 4.51. The quantitative estimate of drug-likeness (QED) is 0.912. The predicted molar refractivity (Wildman–Crippen MR) is 87.3 cm³/mol. The van der Waals surface area contributed by atoms with Crippen LogP contribution in [0.3, 0.4) is 0 Å². The number of likely N-dealkylation sites (tertiary alicyclic amines) is 1. The molecule has 0 amide bonds. The average molecular weight is 298 g/mol. The van der Waals surface area contributed by atoms with Crippen LogP contribution in [0.15, 0.2) is 47.4 Å². The lowest BCUT2D eigenvalue weighted by atomic mass is 9.90. The molecule has 0 atom stereocenters. The molecule has 0 unspecified atom stereocenters. The molecule has 1 saturated heterocycles. The van der Waals surface area contributed by atoms with E-state index in [9.17, 15) is 9.90 Å². The van der Waals surface area contributed by atoms with Gasteiger partial charge in [-0.1, -0.05) is 12.1 Å². The zero-order valence-corrected chi connectivity index (χ0v) is 12.7. The molecule has 116 valence electrons. The number of pyridine rings is 1. The van der Waals surface area contributed by atoms with Gasteiger partial charge in [0.05, 0.1) is 0 Å². The van der Waals surface area contributed by atoms with Crippen molar-refractivity contribution >= 4 is 0 Å². The number of hydrogen-bond donors (Lipinski definition) is 2. The first-order valence-electron chi connectivity index (χ1n) is 7.89. The Morgan fingerprint density at radius 1 is 1.14 bits per heavy atom. The second-order valence-electron chi connectivity index (χ2n) is 6.02. The van der Waals surface area contributed by atoms with Gasteiger partial charge in [-0.3, -0.25) is 4.79 Å². The SMILES string of the molecule is O=c1cc(C2CCN(CCc3ccc(O)cc3)CC2)cc[nH]1. The molecule has 4 heteroatoms. The van der Waals surface area contributed by atoms with Gasteiger partial charge in [-0.25, -0.2) is 0 Å². The highest BCUT2D eigenvalue weighted by Gasteiger charge is 2.20. The van der Waals surface area contributed by atoms with Crippen molar-refractivity contribution in [2.75, 3.05) is 19.6 Å². The number of H-pyrrole nitrogens is 1. The summed E-state index contributed by atoms with van der Waals surface area (Å²) in [5.41, 5.74) is 2.42. The minimum absolute atomic E-state index is 0.00717. The van der Waals surface area contributed by atoms with Crippen molar-refractivity contribution in [3.05, 3.63) is 64.1 Å². The Labute approximate surface area is 130 Å². The van der Waals surface area contributed by atoms with Gasteiger partial charge < -0.3 is 15.0 Å². The summed E-state index contributed by atoms with van der Waals surface area (Å²) < 4.78 is 0.